The Hall–Kier alpha value is -1.03. The number of nitrogens with two attached hydrogens (primary N) is 1. The molecule has 0 fully saturated rings. The lowest BCUT2D eigenvalue weighted by atomic mass is 10.3. The summed E-state index contributed by atoms with van der Waals surface area (Å²) in [4.78, 5) is 2.49. The highest BCUT2D eigenvalue weighted by atomic mass is 35.5. The molecular formula is C12H13ClN2S. The van der Waals surface area contributed by atoms with Crippen LogP contribution in [0.4, 0.5) is 5.69 Å². The SMILES string of the molecule is NCc1ccc(CNc2cccc(Cl)c2)s1. The number of benzene rings is 1. The number of hydrogen-bond acceptors (Lipinski definition) is 3. The van der Waals surface area contributed by atoms with Crippen molar-refractivity contribution in [2.24, 2.45) is 5.73 Å². The van der Waals surface area contributed by atoms with E-state index in [0.29, 0.717) is 6.54 Å². The minimum Gasteiger partial charge on any atom is -0.380 e. The van der Waals surface area contributed by atoms with Crippen LogP contribution in [-0.4, -0.2) is 0 Å². The first kappa shape index (κ1) is 11.5. The van der Waals surface area contributed by atoms with Crippen molar-refractivity contribution in [3.63, 3.8) is 0 Å². The second kappa shape index (κ2) is 5.34. The zero-order valence-electron chi connectivity index (χ0n) is 8.74. The van der Waals surface area contributed by atoms with Crippen LogP contribution in [0.25, 0.3) is 0 Å². The Morgan fingerprint density at radius 2 is 2.00 bits per heavy atom. The van der Waals surface area contributed by atoms with E-state index >= 15 is 0 Å². The summed E-state index contributed by atoms with van der Waals surface area (Å²) in [7, 11) is 0. The van der Waals surface area contributed by atoms with Crippen LogP contribution in [0, 0.1) is 0 Å². The van der Waals surface area contributed by atoms with Gasteiger partial charge < -0.3 is 11.1 Å². The Kier molecular flexibility index (Phi) is 3.83. The highest BCUT2D eigenvalue weighted by Crippen LogP contribution is 2.19. The second-order valence-electron chi connectivity index (χ2n) is 3.44. The van der Waals surface area contributed by atoms with Crippen LogP contribution in [0.15, 0.2) is 36.4 Å². The van der Waals surface area contributed by atoms with Gasteiger partial charge in [0.1, 0.15) is 0 Å². The van der Waals surface area contributed by atoms with Gasteiger partial charge in [-0.25, -0.2) is 0 Å². The van der Waals surface area contributed by atoms with Crippen LogP contribution < -0.4 is 11.1 Å². The van der Waals surface area contributed by atoms with Gasteiger partial charge in [0.05, 0.1) is 0 Å². The molecule has 1 aromatic heterocycles. The van der Waals surface area contributed by atoms with Crippen LogP contribution in [0.1, 0.15) is 9.75 Å². The van der Waals surface area contributed by atoms with Gasteiger partial charge in [-0.15, -0.1) is 11.3 Å². The maximum absolute atomic E-state index is 5.90. The number of anilines is 1. The van der Waals surface area contributed by atoms with E-state index in [1.165, 1.54) is 9.75 Å². The second-order valence-corrected chi connectivity index (χ2v) is 5.13. The maximum atomic E-state index is 5.90. The first-order valence-electron chi connectivity index (χ1n) is 5.05. The van der Waals surface area contributed by atoms with E-state index in [-0.39, 0.29) is 0 Å². The fourth-order valence-electron chi connectivity index (χ4n) is 1.41. The largest absolute Gasteiger partial charge is 0.380 e. The van der Waals surface area contributed by atoms with Crippen molar-refractivity contribution in [3.05, 3.63) is 51.2 Å². The van der Waals surface area contributed by atoms with Crippen LogP contribution in [0.5, 0.6) is 0 Å². The third kappa shape index (κ3) is 2.98. The molecule has 0 aliphatic heterocycles. The average Bonchev–Trinajstić information content (AvgIpc) is 2.74. The molecule has 2 rings (SSSR count). The highest BCUT2D eigenvalue weighted by molar-refractivity contribution is 7.11. The Bertz CT molecular complexity index is 468. The highest BCUT2D eigenvalue weighted by Gasteiger charge is 1.99. The Morgan fingerprint density at radius 1 is 1.19 bits per heavy atom. The third-order valence-corrected chi connectivity index (χ3v) is 3.55. The molecular weight excluding hydrogens is 240 g/mol. The lowest BCUT2D eigenvalue weighted by Gasteiger charge is -2.04. The van der Waals surface area contributed by atoms with E-state index in [2.05, 4.69) is 17.4 Å². The smallest absolute Gasteiger partial charge is 0.0494 e. The van der Waals surface area contributed by atoms with E-state index in [4.69, 9.17) is 17.3 Å². The molecule has 0 unspecified atom stereocenters. The van der Waals surface area contributed by atoms with E-state index in [1.54, 1.807) is 11.3 Å². The molecule has 0 aliphatic carbocycles. The summed E-state index contributed by atoms with van der Waals surface area (Å²) in [6.07, 6.45) is 0. The van der Waals surface area contributed by atoms with Gasteiger partial charge >= 0.3 is 0 Å². The van der Waals surface area contributed by atoms with Gasteiger partial charge in [0.2, 0.25) is 0 Å². The quantitative estimate of drug-likeness (QED) is 0.875. The molecule has 2 aromatic rings. The topological polar surface area (TPSA) is 38.0 Å². The monoisotopic (exact) mass is 252 g/mol. The van der Waals surface area contributed by atoms with Crippen LogP contribution in [0.2, 0.25) is 5.02 Å². The van der Waals surface area contributed by atoms with Crippen LogP contribution in [-0.2, 0) is 13.1 Å². The molecule has 0 spiro atoms. The lowest BCUT2D eigenvalue weighted by molar-refractivity contribution is 1.11. The molecule has 0 amide bonds. The molecule has 1 heterocycles. The van der Waals surface area contributed by atoms with Gasteiger partial charge in [-0.2, -0.15) is 0 Å². The third-order valence-electron chi connectivity index (χ3n) is 2.21. The molecule has 0 atom stereocenters. The zero-order valence-corrected chi connectivity index (χ0v) is 10.3. The molecule has 1 aromatic carbocycles. The number of thiophene rings is 1. The van der Waals surface area contributed by atoms with Crippen molar-refractivity contribution in [1.82, 2.24) is 0 Å². The van der Waals surface area contributed by atoms with Crippen molar-refractivity contribution >= 4 is 28.6 Å². The standard InChI is InChI=1S/C12H13ClN2S/c13-9-2-1-3-10(6-9)15-8-12-5-4-11(7-14)16-12/h1-6,15H,7-8,14H2. The van der Waals surface area contributed by atoms with Crippen molar-refractivity contribution in [2.45, 2.75) is 13.1 Å². The molecule has 0 radical (unpaired) electrons. The van der Waals surface area contributed by atoms with Gasteiger partial charge in [0.15, 0.2) is 0 Å². The number of halogens is 1. The molecule has 84 valence electrons. The summed E-state index contributed by atoms with van der Waals surface area (Å²) in [5, 5.41) is 4.07. The van der Waals surface area contributed by atoms with Gasteiger partial charge in [-0.3, -0.25) is 0 Å². The van der Waals surface area contributed by atoms with Gasteiger partial charge in [0.25, 0.3) is 0 Å². The fraction of sp³-hybridized carbons (Fsp3) is 0.167. The first-order valence-corrected chi connectivity index (χ1v) is 6.24. The lowest BCUT2D eigenvalue weighted by Crippen LogP contribution is -1.96. The van der Waals surface area contributed by atoms with E-state index in [1.807, 2.05) is 24.3 Å². The molecule has 0 saturated carbocycles. The Balaban J connectivity index is 1.96. The molecule has 0 bridgehead atoms. The molecule has 16 heavy (non-hydrogen) atoms. The van der Waals surface area contributed by atoms with E-state index in [0.717, 1.165) is 17.3 Å². The Morgan fingerprint density at radius 3 is 2.69 bits per heavy atom. The van der Waals surface area contributed by atoms with Gasteiger partial charge in [-0.05, 0) is 30.3 Å². The predicted molar refractivity (Wildman–Crippen MR) is 71.0 cm³/mol. The summed E-state index contributed by atoms with van der Waals surface area (Å²) in [6.45, 7) is 1.42. The minimum absolute atomic E-state index is 0.613. The number of nitrogens with one attached hydrogen (secondary N) is 1. The van der Waals surface area contributed by atoms with Crippen molar-refractivity contribution in [2.75, 3.05) is 5.32 Å². The summed E-state index contributed by atoms with van der Waals surface area (Å²) in [5.74, 6) is 0. The minimum atomic E-state index is 0.613. The molecule has 0 saturated heterocycles. The molecule has 4 heteroatoms. The van der Waals surface area contributed by atoms with E-state index in [9.17, 15) is 0 Å². The van der Waals surface area contributed by atoms with Gasteiger partial charge in [0, 0.05) is 33.6 Å². The number of rotatable bonds is 4. The van der Waals surface area contributed by atoms with Crippen molar-refractivity contribution in [3.8, 4) is 0 Å². The predicted octanol–water partition coefficient (Wildman–Crippen LogP) is 3.47. The zero-order chi connectivity index (χ0) is 11.4. The summed E-state index contributed by atoms with van der Waals surface area (Å²) in [6, 6.07) is 11.9. The Labute approximate surface area is 104 Å². The summed E-state index contributed by atoms with van der Waals surface area (Å²) in [5.41, 5.74) is 6.60. The summed E-state index contributed by atoms with van der Waals surface area (Å²) < 4.78 is 0. The van der Waals surface area contributed by atoms with Crippen molar-refractivity contribution in [1.29, 1.82) is 0 Å². The summed E-state index contributed by atoms with van der Waals surface area (Å²) >= 11 is 7.64. The van der Waals surface area contributed by atoms with E-state index < -0.39 is 0 Å². The van der Waals surface area contributed by atoms with Crippen LogP contribution >= 0.6 is 22.9 Å². The molecule has 3 N–H and O–H groups in total. The average molecular weight is 253 g/mol. The fourth-order valence-corrected chi connectivity index (χ4v) is 2.44. The van der Waals surface area contributed by atoms with Gasteiger partial charge in [-0.1, -0.05) is 17.7 Å². The first-order chi connectivity index (χ1) is 7.78. The van der Waals surface area contributed by atoms with Crippen LogP contribution in [0.3, 0.4) is 0 Å². The normalized spacial score (nSPS) is 10.4. The number of hydrogen-bond donors (Lipinski definition) is 2. The molecule has 2 nitrogen and oxygen atoms in total. The molecule has 0 aliphatic rings. The van der Waals surface area contributed by atoms with Crippen molar-refractivity contribution < 1.29 is 0 Å². The maximum Gasteiger partial charge on any atom is 0.0494 e.